The predicted molar refractivity (Wildman–Crippen MR) is 54.5 cm³/mol. The third kappa shape index (κ3) is 3.86. The minimum atomic E-state index is -0.950. The molecule has 1 aliphatic heterocycles. The zero-order valence-corrected chi connectivity index (χ0v) is 9.00. The highest BCUT2D eigenvalue weighted by atomic mass is 32.2. The van der Waals surface area contributed by atoms with Gasteiger partial charge in [0.25, 0.3) is 0 Å². The molecule has 0 aliphatic carbocycles. The molecule has 0 saturated carbocycles. The largest absolute Gasteiger partial charge is 0.481 e. The number of carbonyl (C=O) groups is 1. The first kappa shape index (κ1) is 11.8. The second kappa shape index (κ2) is 5.58. The molecule has 1 rings (SSSR count). The van der Waals surface area contributed by atoms with Gasteiger partial charge in [-0.3, -0.25) is 4.79 Å². The van der Waals surface area contributed by atoms with Crippen molar-refractivity contribution >= 4 is 17.7 Å². The standard InChI is InChI=1S/C9H16O4S/c1-6-8(2-3-13-6)14-5-7(10)4-9(11)12/h6-8,10H,2-5H2,1H3,(H,11,12). The van der Waals surface area contributed by atoms with E-state index < -0.39 is 12.1 Å². The van der Waals surface area contributed by atoms with E-state index in [1.54, 1.807) is 11.8 Å². The molecule has 3 atom stereocenters. The molecule has 2 N–H and O–H groups in total. The molecule has 14 heavy (non-hydrogen) atoms. The lowest BCUT2D eigenvalue weighted by atomic mass is 10.3. The van der Waals surface area contributed by atoms with Crippen LogP contribution in [0, 0.1) is 0 Å². The second-order valence-corrected chi connectivity index (χ2v) is 4.76. The number of thioether (sulfide) groups is 1. The maximum absolute atomic E-state index is 10.3. The van der Waals surface area contributed by atoms with Crippen molar-refractivity contribution < 1.29 is 19.7 Å². The molecular formula is C9H16O4S. The van der Waals surface area contributed by atoms with Crippen LogP contribution in [0.15, 0.2) is 0 Å². The topological polar surface area (TPSA) is 66.8 Å². The summed E-state index contributed by atoms with van der Waals surface area (Å²) in [5.74, 6) is -0.473. The van der Waals surface area contributed by atoms with E-state index in [0.717, 1.165) is 13.0 Å². The summed E-state index contributed by atoms with van der Waals surface area (Å²) in [7, 11) is 0. The van der Waals surface area contributed by atoms with Gasteiger partial charge in [-0.15, -0.1) is 0 Å². The number of aliphatic carboxylic acids is 1. The molecule has 5 heteroatoms. The summed E-state index contributed by atoms with van der Waals surface area (Å²) in [5, 5.41) is 18.2. The molecule has 0 spiro atoms. The number of aliphatic hydroxyl groups excluding tert-OH is 1. The molecule has 1 saturated heterocycles. The summed E-state index contributed by atoms with van der Waals surface area (Å²) in [4.78, 5) is 10.3. The fourth-order valence-corrected chi connectivity index (χ4v) is 2.63. The van der Waals surface area contributed by atoms with Crippen LogP contribution < -0.4 is 0 Å². The number of aliphatic hydroxyl groups is 1. The van der Waals surface area contributed by atoms with Crippen LogP contribution in [0.1, 0.15) is 19.8 Å². The Kier molecular flexibility index (Phi) is 4.71. The average molecular weight is 220 g/mol. The quantitative estimate of drug-likeness (QED) is 0.715. The van der Waals surface area contributed by atoms with Crippen molar-refractivity contribution in [2.24, 2.45) is 0 Å². The van der Waals surface area contributed by atoms with Crippen LogP contribution in [-0.2, 0) is 9.53 Å². The Bertz CT molecular complexity index is 197. The van der Waals surface area contributed by atoms with Crippen LogP contribution >= 0.6 is 11.8 Å². The molecule has 0 bridgehead atoms. The van der Waals surface area contributed by atoms with Gasteiger partial charge in [-0.25, -0.2) is 0 Å². The molecule has 82 valence electrons. The SMILES string of the molecule is CC1OCCC1SCC(O)CC(=O)O. The van der Waals surface area contributed by atoms with E-state index in [1.165, 1.54) is 0 Å². The minimum absolute atomic E-state index is 0.172. The van der Waals surface area contributed by atoms with E-state index in [2.05, 4.69) is 0 Å². The van der Waals surface area contributed by atoms with Gasteiger partial charge in [-0.2, -0.15) is 11.8 Å². The Morgan fingerprint density at radius 1 is 1.71 bits per heavy atom. The summed E-state index contributed by atoms with van der Waals surface area (Å²) >= 11 is 1.60. The van der Waals surface area contributed by atoms with Crippen LogP contribution in [0.5, 0.6) is 0 Å². The van der Waals surface area contributed by atoms with Crippen molar-refractivity contribution in [3.8, 4) is 0 Å². The van der Waals surface area contributed by atoms with E-state index in [-0.39, 0.29) is 12.5 Å². The van der Waals surface area contributed by atoms with E-state index in [9.17, 15) is 9.90 Å². The van der Waals surface area contributed by atoms with Crippen molar-refractivity contribution in [3.63, 3.8) is 0 Å². The summed E-state index contributed by atoms with van der Waals surface area (Å²) in [6, 6.07) is 0. The van der Waals surface area contributed by atoms with Gasteiger partial charge in [-0.05, 0) is 13.3 Å². The molecule has 3 unspecified atom stereocenters. The fourth-order valence-electron chi connectivity index (χ4n) is 1.43. The highest BCUT2D eigenvalue weighted by Gasteiger charge is 2.25. The summed E-state index contributed by atoms with van der Waals surface area (Å²) in [6.45, 7) is 2.78. The van der Waals surface area contributed by atoms with Crippen molar-refractivity contribution in [2.75, 3.05) is 12.4 Å². The number of carboxylic acids is 1. The smallest absolute Gasteiger partial charge is 0.306 e. The van der Waals surface area contributed by atoms with Gasteiger partial charge in [0.2, 0.25) is 0 Å². The van der Waals surface area contributed by atoms with Gasteiger partial charge in [0.1, 0.15) is 0 Å². The Morgan fingerprint density at radius 3 is 2.93 bits per heavy atom. The monoisotopic (exact) mass is 220 g/mol. The lowest BCUT2D eigenvalue weighted by Gasteiger charge is -2.15. The number of rotatable bonds is 5. The third-order valence-electron chi connectivity index (χ3n) is 2.22. The number of ether oxygens (including phenoxy) is 1. The minimum Gasteiger partial charge on any atom is -0.481 e. The van der Waals surface area contributed by atoms with Crippen LogP contribution in [0.3, 0.4) is 0 Å². The van der Waals surface area contributed by atoms with Gasteiger partial charge < -0.3 is 14.9 Å². The summed E-state index contributed by atoms with van der Waals surface area (Å²) in [6.07, 6.45) is 0.294. The van der Waals surface area contributed by atoms with E-state index in [0.29, 0.717) is 11.0 Å². The molecule has 0 radical (unpaired) electrons. The van der Waals surface area contributed by atoms with E-state index in [1.807, 2.05) is 6.92 Å². The van der Waals surface area contributed by atoms with E-state index >= 15 is 0 Å². The molecule has 0 aromatic carbocycles. The maximum atomic E-state index is 10.3. The summed E-state index contributed by atoms with van der Waals surface area (Å²) < 4.78 is 5.36. The van der Waals surface area contributed by atoms with Crippen LogP contribution in [0.4, 0.5) is 0 Å². The first-order valence-electron chi connectivity index (χ1n) is 4.72. The van der Waals surface area contributed by atoms with Gasteiger partial charge >= 0.3 is 5.97 Å². The van der Waals surface area contributed by atoms with Crippen molar-refractivity contribution in [1.82, 2.24) is 0 Å². The first-order chi connectivity index (χ1) is 6.59. The number of hydrogen-bond donors (Lipinski definition) is 2. The molecule has 1 aliphatic rings. The maximum Gasteiger partial charge on any atom is 0.306 e. The second-order valence-electron chi connectivity index (χ2n) is 3.49. The van der Waals surface area contributed by atoms with Crippen molar-refractivity contribution in [1.29, 1.82) is 0 Å². The highest BCUT2D eigenvalue weighted by Crippen LogP contribution is 2.26. The van der Waals surface area contributed by atoms with E-state index in [4.69, 9.17) is 9.84 Å². The highest BCUT2D eigenvalue weighted by molar-refractivity contribution is 8.00. The lowest BCUT2D eigenvalue weighted by Crippen LogP contribution is -2.20. The Labute approximate surface area is 87.6 Å². The van der Waals surface area contributed by atoms with Crippen LogP contribution in [0.25, 0.3) is 0 Å². The van der Waals surface area contributed by atoms with Crippen molar-refractivity contribution in [3.05, 3.63) is 0 Å². The van der Waals surface area contributed by atoms with Crippen LogP contribution in [-0.4, -0.2) is 46.0 Å². The Hall–Kier alpha value is -0.260. The van der Waals surface area contributed by atoms with Gasteiger partial charge in [0, 0.05) is 17.6 Å². The molecule has 0 aromatic heterocycles. The molecular weight excluding hydrogens is 204 g/mol. The normalized spacial score (nSPS) is 29.0. The molecule has 0 amide bonds. The zero-order chi connectivity index (χ0) is 10.6. The Morgan fingerprint density at radius 2 is 2.43 bits per heavy atom. The Balaban J connectivity index is 2.16. The van der Waals surface area contributed by atoms with Gasteiger partial charge in [-0.1, -0.05) is 0 Å². The fraction of sp³-hybridized carbons (Fsp3) is 0.889. The molecule has 4 nitrogen and oxygen atoms in total. The van der Waals surface area contributed by atoms with Crippen molar-refractivity contribution in [2.45, 2.75) is 37.2 Å². The lowest BCUT2D eigenvalue weighted by molar-refractivity contribution is -0.138. The number of hydrogen-bond acceptors (Lipinski definition) is 4. The van der Waals surface area contributed by atoms with Gasteiger partial charge in [0.15, 0.2) is 0 Å². The zero-order valence-electron chi connectivity index (χ0n) is 8.18. The molecule has 0 aromatic rings. The first-order valence-corrected chi connectivity index (χ1v) is 5.77. The average Bonchev–Trinajstić information content (AvgIpc) is 2.46. The summed E-state index contributed by atoms with van der Waals surface area (Å²) in [5.41, 5.74) is 0. The third-order valence-corrected chi connectivity index (χ3v) is 3.84. The van der Waals surface area contributed by atoms with Gasteiger partial charge in [0.05, 0.1) is 18.6 Å². The number of carboxylic acid groups (broad SMARTS) is 1. The predicted octanol–water partition coefficient (Wildman–Crippen LogP) is 0.733. The van der Waals surface area contributed by atoms with Crippen LogP contribution in [0.2, 0.25) is 0 Å². The molecule has 1 fully saturated rings. The molecule has 1 heterocycles.